The molecule has 2 aromatic carbocycles. The Hall–Kier alpha value is -3.15. The fourth-order valence-corrected chi connectivity index (χ4v) is 2.23. The molecule has 104 valence electrons. The van der Waals surface area contributed by atoms with Crippen LogP contribution in [-0.4, -0.2) is 22.9 Å². The van der Waals surface area contributed by atoms with Crippen molar-refractivity contribution in [1.29, 1.82) is 0 Å². The summed E-state index contributed by atoms with van der Waals surface area (Å²) in [5.74, 6) is -2.71. The third-order valence-electron chi connectivity index (χ3n) is 3.21. The average Bonchev–Trinajstić information content (AvgIpc) is 2.70. The molecular formula is C15H8NO5-. The molecule has 6 heteroatoms. The van der Waals surface area contributed by atoms with Crippen molar-refractivity contribution >= 4 is 23.5 Å². The number of fused-ring (bicyclic) bond motifs is 1. The first-order valence-corrected chi connectivity index (χ1v) is 6.02. The monoisotopic (exact) mass is 282 g/mol. The minimum Gasteiger partial charge on any atom is -0.872 e. The van der Waals surface area contributed by atoms with Crippen molar-refractivity contribution < 1.29 is 24.6 Å². The average molecular weight is 282 g/mol. The van der Waals surface area contributed by atoms with E-state index in [-0.39, 0.29) is 28.1 Å². The van der Waals surface area contributed by atoms with Crippen LogP contribution in [0.15, 0.2) is 42.5 Å². The smallest absolute Gasteiger partial charge is 0.335 e. The van der Waals surface area contributed by atoms with E-state index < -0.39 is 17.8 Å². The second-order valence-corrected chi connectivity index (χ2v) is 4.51. The Balaban J connectivity index is 2.10. The van der Waals surface area contributed by atoms with Gasteiger partial charge in [-0.15, -0.1) is 5.75 Å². The predicted molar refractivity (Wildman–Crippen MR) is 70.4 cm³/mol. The summed E-state index contributed by atoms with van der Waals surface area (Å²) in [5.41, 5.74) is 0.248. The number of imide groups is 1. The first-order chi connectivity index (χ1) is 9.99. The van der Waals surface area contributed by atoms with Crippen molar-refractivity contribution in [3.05, 3.63) is 59.2 Å². The van der Waals surface area contributed by atoms with E-state index in [1.54, 1.807) is 0 Å². The van der Waals surface area contributed by atoms with Crippen molar-refractivity contribution in [1.82, 2.24) is 0 Å². The van der Waals surface area contributed by atoms with E-state index in [0.717, 1.165) is 4.90 Å². The lowest BCUT2D eigenvalue weighted by Crippen LogP contribution is -2.29. The van der Waals surface area contributed by atoms with Crippen molar-refractivity contribution in [2.24, 2.45) is 0 Å². The van der Waals surface area contributed by atoms with Gasteiger partial charge in [0, 0.05) is 0 Å². The molecule has 1 aliphatic rings. The van der Waals surface area contributed by atoms with Crippen LogP contribution in [0.25, 0.3) is 0 Å². The lowest BCUT2D eigenvalue weighted by atomic mass is 10.1. The maximum Gasteiger partial charge on any atom is 0.335 e. The summed E-state index contributed by atoms with van der Waals surface area (Å²) in [6, 6.07) is 9.15. The SMILES string of the molecule is O=C(O)c1ccc2c(c1)C(=O)N(c1cccc([O-])c1)C2=O. The quantitative estimate of drug-likeness (QED) is 0.836. The zero-order chi connectivity index (χ0) is 15.1. The Kier molecular flexibility index (Phi) is 2.72. The zero-order valence-corrected chi connectivity index (χ0v) is 10.6. The molecule has 0 radical (unpaired) electrons. The number of aromatic carboxylic acids is 1. The molecule has 0 aliphatic carbocycles. The molecule has 21 heavy (non-hydrogen) atoms. The maximum absolute atomic E-state index is 12.3. The van der Waals surface area contributed by atoms with E-state index in [4.69, 9.17) is 5.11 Å². The minimum atomic E-state index is -1.18. The second kappa shape index (κ2) is 4.45. The Morgan fingerprint density at radius 2 is 1.71 bits per heavy atom. The van der Waals surface area contributed by atoms with Crippen LogP contribution in [-0.2, 0) is 0 Å². The molecule has 0 unspecified atom stereocenters. The molecule has 0 spiro atoms. The van der Waals surface area contributed by atoms with Gasteiger partial charge >= 0.3 is 5.97 Å². The largest absolute Gasteiger partial charge is 0.872 e. The summed E-state index contributed by atoms with van der Waals surface area (Å²) in [6.45, 7) is 0. The molecular weight excluding hydrogens is 274 g/mol. The van der Waals surface area contributed by atoms with E-state index in [0.29, 0.717) is 0 Å². The summed E-state index contributed by atoms with van der Waals surface area (Å²) in [4.78, 5) is 36.4. The molecule has 0 saturated heterocycles. The standard InChI is InChI=1S/C15H9NO5/c17-10-3-1-2-9(7-10)16-13(18)11-5-4-8(15(20)21)6-12(11)14(16)19/h1-7,17H,(H,20,21)/p-1. The van der Waals surface area contributed by atoms with Gasteiger partial charge in [0.05, 0.1) is 22.4 Å². The van der Waals surface area contributed by atoms with Crippen LogP contribution in [0, 0.1) is 0 Å². The van der Waals surface area contributed by atoms with Gasteiger partial charge in [0.15, 0.2) is 0 Å². The highest BCUT2D eigenvalue weighted by molar-refractivity contribution is 6.34. The first kappa shape index (κ1) is 12.9. The van der Waals surface area contributed by atoms with Gasteiger partial charge < -0.3 is 10.2 Å². The molecule has 1 aliphatic heterocycles. The molecule has 2 aromatic rings. The predicted octanol–water partition coefficient (Wildman–Crippen LogP) is 1.26. The van der Waals surface area contributed by atoms with Gasteiger partial charge in [0.1, 0.15) is 0 Å². The zero-order valence-electron chi connectivity index (χ0n) is 10.6. The molecule has 0 fully saturated rings. The van der Waals surface area contributed by atoms with Crippen LogP contribution < -0.4 is 10.0 Å². The number of amides is 2. The van der Waals surface area contributed by atoms with E-state index in [1.807, 2.05) is 0 Å². The molecule has 1 heterocycles. The van der Waals surface area contributed by atoms with Crippen molar-refractivity contribution in [3.8, 4) is 5.75 Å². The number of hydrogen-bond acceptors (Lipinski definition) is 4. The fraction of sp³-hybridized carbons (Fsp3) is 0. The molecule has 0 atom stereocenters. The van der Waals surface area contributed by atoms with Gasteiger partial charge in [-0.2, -0.15) is 0 Å². The van der Waals surface area contributed by atoms with Gasteiger partial charge in [-0.3, -0.25) is 9.59 Å². The van der Waals surface area contributed by atoms with Gasteiger partial charge in [-0.1, -0.05) is 12.1 Å². The van der Waals surface area contributed by atoms with Crippen LogP contribution in [0.4, 0.5) is 5.69 Å². The number of hydrogen-bond donors (Lipinski definition) is 1. The molecule has 6 nitrogen and oxygen atoms in total. The number of rotatable bonds is 2. The fourth-order valence-electron chi connectivity index (χ4n) is 2.23. The van der Waals surface area contributed by atoms with E-state index >= 15 is 0 Å². The number of carbonyl (C=O) groups excluding carboxylic acids is 2. The first-order valence-electron chi connectivity index (χ1n) is 6.02. The summed E-state index contributed by atoms with van der Waals surface area (Å²) in [5, 5.41) is 20.3. The van der Waals surface area contributed by atoms with Crippen LogP contribution in [0.3, 0.4) is 0 Å². The molecule has 0 aromatic heterocycles. The lowest BCUT2D eigenvalue weighted by molar-refractivity contribution is -0.268. The molecule has 3 rings (SSSR count). The van der Waals surface area contributed by atoms with Crippen LogP contribution >= 0.6 is 0 Å². The molecule has 2 amide bonds. The Morgan fingerprint density at radius 1 is 1.00 bits per heavy atom. The lowest BCUT2D eigenvalue weighted by Gasteiger charge is -2.16. The summed E-state index contributed by atoms with van der Waals surface area (Å²) in [7, 11) is 0. The molecule has 0 saturated carbocycles. The van der Waals surface area contributed by atoms with E-state index in [1.165, 1.54) is 42.5 Å². The summed E-state index contributed by atoms with van der Waals surface area (Å²) < 4.78 is 0. The highest BCUT2D eigenvalue weighted by Crippen LogP contribution is 2.30. The Labute approximate surface area is 118 Å². The van der Waals surface area contributed by atoms with Crippen molar-refractivity contribution in [3.63, 3.8) is 0 Å². The summed E-state index contributed by atoms with van der Waals surface area (Å²) >= 11 is 0. The normalized spacial score (nSPS) is 13.4. The van der Waals surface area contributed by atoms with Crippen LogP contribution in [0.2, 0.25) is 0 Å². The number of carbonyl (C=O) groups is 3. The van der Waals surface area contributed by atoms with E-state index in [2.05, 4.69) is 0 Å². The van der Waals surface area contributed by atoms with Gasteiger partial charge in [-0.25, -0.2) is 9.69 Å². The minimum absolute atomic E-state index is 0.0243. The number of anilines is 1. The third kappa shape index (κ3) is 1.93. The maximum atomic E-state index is 12.3. The van der Waals surface area contributed by atoms with E-state index in [9.17, 15) is 19.5 Å². The highest BCUT2D eigenvalue weighted by atomic mass is 16.4. The van der Waals surface area contributed by atoms with Gasteiger partial charge in [-0.05, 0) is 30.3 Å². The molecule has 0 bridgehead atoms. The number of nitrogens with zero attached hydrogens (tertiary/aromatic N) is 1. The van der Waals surface area contributed by atoms with Gasteiger partial charge in [0.2, 0.25) is 0 Å². The number of carboxylic acids is 1. The summed E-state index contributed by atoms with van der Waals surface area (Å²) in [6.07, 6.45) is 0. The van der Waals surface area contributed by atoms with Crippen LogP contribution in [0.1, 0.15) is 31.1 Å². The van der Waals surface area contributed by atoms with Crippen molar-refractivity contribution in [2.45, 2.75) is 0 Å². The molecule has 1 N–H and O–H groups in total. The van der Waals surface area contributed by atoms with Gasteiger partial charge in [0.25, 0.3) is 11.8 Å². The topological polar surface area (TPSA) is 97.7 Å². The van der Waals surface area contributed by atoms with Crippen LogP contribution in [0.5, 0.6) is 5.75 Å². The van der Waals surface area contributed by atoms with Crippen molar-refractivity contribution in [2.75, 3.05) is 4.90 Å². The second-order valence-electron chi connectivity index (χ2n) is 4.51. The Morgan fingerprint density at radius 3 is 2.38 bits per heavy atom. The Bertz CT molecular complexity index is 796. The third-order valence-corrected chi connectivity index (χ3v) is 3.21. The number of carboxylic acid groups (broad SMARTS) is 1. The number of benzene rings is 2. The highest BCUT2D eigenvalue weighted by Gasteiger charge is 2.37.